The molecule has 0 aliphatic rings. The number of ether oxygens (including phenoxy) is 1. The number of aromatic nitrogens is 1. The Balaban J connectivity index is 2.82. The molecule has 0 aromatic carbocycles. The van der Waals surface area contributed by atoms with Crippen LogP contribution in [0.2, 0.25) is 0 Å². The van der Waals surface area contributed by atoms with E-state index < -0.39 is 23.8 Å². The van der Waals surface area contributed by atoms with Gasteiger partial charge in [-0.1, -0.05) is 0 Å². The van der Waals surface area contributed by atoms with Gasteiger partial charge in [-0.2, -0.15) is 0 Å². The molecule has 6 nitrogen and oxygen atoms in total. The number of aliphatic hydroxyl groups excluding tert-OH is 2. The van der Waals surface area contributed by atoms with Crippen LogP contribution in [0.1, 0.15) is 32.6 Å². The van der Waals surface area contributed by atoms with Gasteiger partial charge in [-0.25, -0.2) is 4.79 Å². The highest BCUT2D eigenvalue weighted by atomic mass is 16.6. The summed E-state index contributed by atoms with van der Waals surface area (Å²) in [6.45, 7) is 4.95. The monoisotopic (exact) mass is 256 g/mol. The van der Waals surface area contributed by atoms with Gasteiger partial charge >= 0.3 is 5.97 Å². The first-order chi connectivity index (χ1) is 8.22. The van der Waals surface area contributed by atoms with Crippen LogP contribution in [-0.2, 0) is 9.53 Å². The number of rotatable bonds is 3. The second-order valence-electron chi connectivity index (χ2n) is 4.89. The number of esters is 1. The fraction of sp³-hybridized carbons (Fsp3) is 0.500. The van der Waals surface area contributed by atoms with Crippen molar-refractivity contribution in [2.75, 3.05) is 0 Å². The van der Waals surface area contributed by atoms with Crippen molar-refractivity contribution in [1.29, 1.82) is 0 Å². The molecule has 0 unspecified atom stereocenters. The first-order valence-corrected chi connectivity index (χ1v) is 5.51. The van der Waals surface area contributed by atoms with E-state index in [1.807, 2.05) is 0 Å². The Labute approximate surface area is 105 Å². The summed E-state index contributed by atoms with van der Waals surface area (Å²) in [6.07, 6.45) is -2.04. The summed E-state index contributed by atoms with van der Waals surface area (Å²) in [5, 5.41) is 28.9. The molecule has 1 rings (SSSR count). The van der Waals surface area contributed by atoms with Gasteiger partial charge < -0.3 is 14.9 Å². The van der Waals surface area contributed by atoms with Crippen LogP contribution >= 0.6 is 0 Å². The maximum Gasteiger partial charge on any atom is 0.338 e. The van der Waals surface area contributed by atoms with Gasteiger partial charge in [0.05, 0.1) is 0 Å². The molecule has 2 atom stereocenters. The zero-order valence-corrected chi connectivity index (χ0v) is 10.6. The number of hydrogen-bond acceptors (Lipinski definition) is 5. The number of carbonyl (C=O) groups is 1. The van der Waals surface area contributed by atoms with Crippen LogP contribution in [0.3, 0.4) is 0 Å². The van der Waals surface area contributed by atoms with E-state index in [-0.39, 0.29) is 5.69 Å². The Bertz CT molecular complexity index is 427. The van der Waals surface area contributed by atoms with Crippen LogP contribution < -0.4 is 4.73 Å². The van der Waals surface area contributed by atoms with Gasteiger partial charge in [0.25, 0.3) is 5.69 Å². The van der Waals surface area contributed by atoms with Crippen molar-refractivity contribution in [3.05, 3.63) is 30.1 Å². The summed E-state index contributed by atoms with van der Waals surface area (Å²) in [6, 6.07) is 4.49. The van der Waals surface area contributed by atoms with Crippen LogP contribution in [0.15, 0.2) is 24.4 Å². The highest BCUT2D eigenvalue weighted by molar-refractivity contribution is 5.75. The number of pyridine rings is 1. The highest BCUT2D eigenvalue weighted by Crippen LogP contribution is 2.17. The Morgan fingerprint density at radius 3 is 2.44 bits per heavy atom. The van der Waals surface area contributed by atoms with Gasteiger partial charge in [0.2, 0.25) is 6.20 Å². The molecule has 100 valence electrons. The van der Waals surface area contributed by atoms with Crippen LogP contribution in [0.5, 0.6) is 0 Å². The van der Waals surface area contributed by atoms with Gasteiger partial charge in [-0.05, 0) is 26.8 Å². The molecule has 0 bridgehead atoms. The molecule has 0 radical (unpaired) electrons. The Morgan fingerprint density at radius 2 is 1.94 bits per heavy atom. The largest absolute Gasteiger partial charge is 0.458 e. The van der Waals surface area contributed by atoms with Gasteiger partial charge in [0, 0.05) is 16.9 Å². The van der Waals surface area contributed by atoms with Crippen molar-refractivity contribution >= 4 is 5.97 Å². The fourth-order valence-corrected chi connectivity index (χ4v) is 1.33. The minimum absolute atomic E-state index is 0.00383. The first-order valence-electron chi connectivity index (χ1n) is 5.51. The first kappa shape index (κ1) is 14.4. The van der Waals surface area contributed by atoms with Gasteiger partial charge in [-0.15, -0.1) is 0 Å². The van der Waals surface area contributed by atoms with E-state index in [0.29, 0.717) is 4.73 Å². The van der Waals surface area contributed by atoms with E-state index in [2.05, 4.69) is 0 Å². The molecule has 1 aromatic rings. The van der Waals surface area contributed by atoms with E-state index in [1.165, 1.54) is 18.3 Å². The SMILES string of the molecule is CC(C)(C)OC(=O)[C@@H](O)[C@@H](O)c1cccc[n+]1O. The van der Waals surface area contributed by atoms with Crippen molar-refractivity contribution in [2.24, 2.45) is 0 Å². The normalized spacial score (nSPS) is 14.9. The fourth-order valence-electron chi connectivity index (χ4n) is 1.33. The summed E-state index contributed by atoms with van der Waals surface area (Å²) < 4.78 is 5.58. The predicted octanol–water partition coefficient (Wildman–Crippen LogP) is -0.0526. The molecule has 3 N–H and O–H groups in total. The highest BCUT2D eigenvalue weighted by Gasteiger charge is 2.35. The molecule has 0 aliphatic heterocycles. The summed E-state index contributed by atoms with van der Waals surface area (Å²) in [4.78, 5) is 11.6. The average Bonchev–Trinajstić information content (AvgIpc) is 2.25. The molecular formula is C12H18NO5+. The molecule has 0 spiro atoms. The summed E-state index contributed by atoms with van der Waals surface area (Å²) >= 11 is 0. The Morgan fingerprint density at radius 1 is 1.33 bits per heavy atom. The second kappa shape index (κ2) is 5.32. The maximum absolute atomic E-state index is 11.6. The van der Waals surface area contributed by atoms with Crippen LogP contribution in [0, 0.1) is 0 Å². The summed E-state index contributed by atoms with van der Waals surface area (Å²) in [7, 11) is 0. The van der Waals surface area contributed by atoms with Crippen molar-refractivity contribution in [3.8, 4) is 0 Å². The molecule has 0 saturated carbocycles. The lowest BCUT2D eigenvalue weighted by atomic mass is 10.1. The van der Waals surface area contributed by atoms with Crippen LogP contribution in [0.4, 0.5) is 0 Å². The van der Waals surface area contributed by atoms with Crippen molar-refractivity contribution in [2.45, 2.75) is 38.6 Å². The molecule has 0 fully saturated rings. The lowest BCUT2D eigenvalue weighted by Crippen LogP contribution is -2.42. The third-order valence-electron chi connectivity index (χ3n) is 2.12. The topological polar surface area (TPSA) is 90.9 Å². The quantitative estimate of drug-likeness (QED) is 0.400. The molecule has 0 saturated heterocycles. The summed E-state index contributed by atoms with van der Waals surface area (Å²) in [5.74, 6) is -0.946. The number of hydrogen-bond donors (Lipinski definition) is 3. The second-order valence-corrected chi connectivity index (χ2v) is 4.89. The Kier molecular flexibility index (Phi) is 4.26. The van der Waals surface area contributed by atoms with E-state index >= 15 is 0 Å². The van der Waals surface area contributed by atoms with Gasteiger partial charge in [0.1, 0.15) is 5.60 Å². The van der Waals surface area contributed by atoms with E-state index in [1.54, 1.807) is 26.8 Å². The van der Waals surface area contributed by atoms with Crippen molar-refractivity contribution < 1.29 is 29.7 Å². The number of carbonyl (C=O) groups excluding carboxylic acids is 1. The molecular weight excluding hydrogens is 238 g/mol. The average molecular weight is 256 g/mol. The van der Waals surface area contributed by atoms with Crippen LogP contribution in [0.25, 0.3) is 0 Å². The van der Waals surface area contributed by atoms with Crippen LogP contribution in [-0.4, -0.2) is 33.1 Å². The van der Waals surface area contributed by atoms with E-state index in [0.717, 1.165) is 0 Å². The van der Waals surface area contributed by atoms with Gasteiger partial charge in [-0.3, -0.25) is 5.21 Å². The molecule has 18 heavy (non-hydrogen) atoms. The van der Waals surface area contributed by atoms with Crippen molar-refractivity contribution in [1.82, 2.24) is 0 Å². The van der Waals surface area contributed by atoms with E-state index in [9.17, 15) is 20.2 Å². The third kappa shape index (κ3) is 3.68. The minimum atomic E-state index is -1.76. The standard InChI is InChI=1S/C12H18NO5/c1-12(2,3)18-11(16)10(15)9(14)8-6-4-5-7-13(8)17/h4-7,9-10,14-15,17H,1-3H3/q+1/t9-,10-/m0/s1. The minimum Gasteiger partial charge on any atom is -0.458 e. The summed E-state index contributed by atoms with van der Waals surface area (Å²) in [5.41, 5.74) is -0.764. The molecule has 1 heterocycles. The Hall–Kier alpha value is -1.66. The lowest BCUT2D eigenvalue weighted by molar-refractivity contribution is -0.911. The number of aliphatic hydroxyl groups is 2. The maximum atomic E-state index is 11.6. The van der Waals surface area contributed by atoms with Gasteiger partial charge in [0.15, 0.2) is 12.2 Å². The molecule has 0 amide bonds. The lowest BCUT2D eigenvalue weighted by Gasteiger charge is -2.22. The zero-order chi connectivity index (χ0) is 13.9. The van der Waals surface area contributed by atoms with Crippen molar-refractivity contribution in [3.63, 3.8) is 0 Å². The smallest absolute Gasteiger partial charge is 0.338 e. The third-order valence-corrected chi connectivity index (χ3v) is 2.12. The predicted molar refractivity (Wildman–Crippen MR) is 60.6 cm³/mol. The molecule has 6 heteroatoms. The molecule has 1 aromatic heterocycles. The zero-order valence-electron chi connectivity index (χ0n) is 10.6. The molecule has 0 aliphatic carbocycles. The number of nitrogens with zero attached hydrogens (tertiary/aromatic N) is 1. The van der Waals surface area contributed by atoms with E-state index in [4.69, 9.17) is 4.74 Å².